The highest BCUT2D eigenvalue weighted by molar-refractivity contribution is 14.1. The number of methoxy groups -OCH3 is 1. The van der Waals surface area contributed by atoms with Crippen molar-refractivity contribution in [3.05, 3.63) is 27.1 Å². The van der Waals surface area contributed by atoms with E-state index in [4.69, 9.17) is 0 Å². The van der Waals surface area contributed by atoms with Crippen LogP contribution in [0.1, 0.15) is 16.1 Å². The quantitative estimate of drug-likeness (QED) is 0.586. The minimum atomic E-state index is -4.66. The summed E-state index contributed by atoms with van der Waals surface area (Å²) in [4.78, 5) is 14.3. The van der Waals surface area contributed by atoms with Gasteiger partial charge in [-0.1, -0.05) is 0 Å². The van der Waals surface area contributed by atoms with Crippen LogP contribution < -0.4 is 0 Å². The van der Waals surface area contributed by atoms with Crippen molar-refractivity contribution < 1.29 is 22.7 Å². The molecule has 0 unspecified atom stereocenters. The molecule has 1 aromatic rings. The fraction of sp³-hybridized carbons (Fsp3) is 0.250. The first-order valence-electron chi connectivity index (χ1n) is 3.67. The zero-order valence-corrected chi connectivity index (χ0v) is 9.59. The van der Waals surface area contributed by atoms with Gasteiger partial charge in [-0.25, -0.2) is 9.78 Å². The second-order valence-corrected chi connectivity index (χ2v) is 3.78. The van der Waals surface area contributed by atoms with Crippen molar-refractivity contribution in [2.24, 2.45) is 0 Å². The molecule has 1 heterocycles. The standard InChI is InChI=1S/C8H5F3INO2/c1-15-7(14)5-2-4(12)3-13-6(5)8(9,10)11/h2-3H,1H3. The van der Waals surface area contributed by atoms with Gasteiger partial charge in [0.1, 0.15) is 0 Å². The monoisotopic (exact) mass is 331 g/mol. The highest BCUT2D eigenvalue weighted by Gasteiger charge is 2.37. The molecule has 0 N–H and O–H groups in total. The second kappa shape index (κ2) is 4.33. The van der Waals surface area contributed by atoms with Crippen molar-refractivity contribution in [2.75, 3.05) is 7.11 Å². The molecular formula is C8H5F3INO2. The molecule has 0 saturated carbocycles. The Balaban J connectivity index is 3.33. The number of ether oxygens (including phenoxy) is 1. The third-order valence-electron chi connectivity index (χ3n) is 1.53. The number of alkyl halides is 3. The molecular weight excluding hydrogens is 326 g/mol. The van der Waals surface area contributed by atoms with Gasteiger partial charge in [-0.2, -0.15) is 13.2 Å². The van der Waals surface area contributed by atoms with Gasteiger partial charge < -0.3 is 4.74 Å². The zero-order chi connectivity index (χ0) is 11.6. The summed E-state index contributed by atoms with van der Waals surface area (Å²) in [6.45, 7) is 0. The van der Waals surface area contributed by atoms with Gasteiger partial charge in [-0.15, -0.1) is 0 Å². The van der Waals surface area contributed by atoms with Crippen LogP contribution in [-0.2, 0) is 10.9 Å². The van der Waals surface area contributed by atoms with Crippen LogP contribution in [0.5, 0.6) is 0 Å². The second-order valence-electron chi connectivity index (χ2n) is 2.54. The molecule has 0 bridgehead atoms. The SMILES string of the molecule is COC(=O)c1cc(I)cnc1C(F)(F)F. The lowest BCUT2D eigenvalue weighted by atomic mass is 10.2. The van der Waals surface area contributed by atoms with E-state index < -0.39 is 23.4 Å². The third kappa shape index (κ3) is 2.80. The normalized spacial score (nSPS) is 11.3. The number of aromatic nitrogens is 1. The summed E-state index contributed by atoms with van der Waals surface area (Å²) < 4.78 is 41.9. The maximum absolute atomic E-state index is 12.4. The fourth-order valence-electron chi connectivity index (χ4n) is 0.931. The zero-order valence-electron chi connectivity index (χ0n) is 7.43. The maximum Gasteiger partial charge on any atom is 0.434 e. The molecule has 0 radical (unpaired) electrons. The fourth-order valence-corrected chi connectivity index (χ4v) is 1.38. The Hall–Kier alpha value is -0.860. The lowest BCUT2D eigenvalue weighted by Gasteiger charge is -2.09. The Morgan fingerprint density at radius 2 is 2.13 bits per heavy atom. The van der Waals surface area contributed by atoms with Crippen molar-refractivity contribution >= 4 is 28.6 Å². The van der Waals surface area contributed by atoms with Gasteiger partial charge in [-0.05, 0) is 28.7 Å². The van der Waals surface area contributed by atoms with Gasteiger partial charge in [0.2, 0.25) is 0 Å². The van der Waals surface area contributed by atoms with E-state index in [1.165, 1.54) is 0 Å². The molecule has 15 heavy (non-hydrogen) atoms. The third-order valence-corrected chi connectivity index (χ3v) is 2.12. The number of nitrogens with zero attached hydrogens (tertiary/aromatic N) is 1. The van der Waals surface area contributed by atoms with Crippen LogP contribution in [0.15, 0.2) is 12.3 Å². The van der Waals surface area contributed by atoms with Crippen molar-refractivity contribution in [3.8, 4) is 0 Å². The van der Waals surface area contributed by atoms with Crippen LogP contribution in [0.2, 0.25) is 0 Å². The van der Waals surface area contributed by atoms with Crippen LogP contribution in [0, 0.1) is 3.57 Å². The van der Waals surface area contributed by atoms with Crippen LogP contribution in [0.4, 0.5) is 13.2 Å². The summed E-state index contributed by atoms with van der Waals surface area (Å²) in [5.74, 6) is -1.05. The first-order chi connectivity index (χ1) is 6.86. The smallest absolute Gasteiger partial charge is 0.434 e. The molecule has 0 spiro atoms. The van der Waals surface area contributed by atoms with Crippen LogP contribution in [0.25, 0.3) is 0 Å². The molecule has 0 aliphatic heterocycles. The van der Waals surface area contributed by atoms with Crippen molar-refractivity contribution in [1.82, 2.24) is 4.98 Å². The molecule has 0 aliphatic carbocycles. The number of carbonyl (C=O) groups is 1. The highest BCUT2D eigenvalue weighted by Crippen LogP contribution is 2.31. The van der Waals surface area contributed by atoms with E-state index in [2.05, 4.69) is 9.72 Å². The van der Waals surface area contributed by atoms with Gasteiger partial charge in [0.15, 0.2) is 5.69 Å². The molecule has 7 heteroatoms. The molecule has 0 amide bonds. The largest absolute Gasteiger partial charge is 0.465 e. The molecule has 3 nitrogen and oxygen atoms in total. The van der Waals surface area contributed by atoms with Gasteiger partial charge in [-0.3, -0.25) is 0 Å². The molecule has 0 fully saturated rings. The highest BCUT2D eigenvalue weighted by atomic mass is 127. The Labute approximate surface area is 96.8 Å². The van der Waals surface area contributed by atoms with Crippen LogP contribution in [-0.4, -0.2) is 18.1 Å². The summed E-state index contributed by atoms with van der Waals surface area (Å²) in [5, 5.41) is 0. The van der Waals surface area contributed by atoms with E-state index in [0.717, 1.165) is 19.4 Å². The minimum Gasteiger partial charge on any atom is -0.465 e. The van der Waals surface area contributed by atoms with E-state index in [-0.39, 0.29) is 0 Å². The lowest BCUT2D eigenvalue weighted by molar-refractivity contribution is -0.141. The molecule has 0 aromatic carbocycles. The number of carbonyl (C=O) groups excluding carboxylic acids is 1. The summed E-state index contributed by atoms with van der Waals surface area (Å²) in [6, 6.07) is 1.09. The first kappa shape index (κ1) is 12.2. The molecule has 0 aliphatic rings. The van der Waals surface area contributed by atoms with Gasteiger partial charge >= 0.3 is 12.1 Å². The predicted molar refractivity (Wildman–Crippen MR) is 53.3 cm³/mol. The molecule has 0 atom stereocenters. The van der Waals surface area contributed by atoms with Gasteiger partial charge in [0.05, 0.1) is 12.7 Å². The summed E-state index contributed by atoms with van der Waals surface area (Å²) in [6.07, 6.45) is -3.62. The number of rotatable bonds is 1. The number of hydrogen-bond donors (Lipinski definition) is 0. The maximum atomic E-state index is 12.4. The van der Waals surface area contributed by atoms with E-state index in [0.29, 0.717) is 3.57 Å². The van der Waals surface area contributed by atoms with Gasteiger partial charge in [0.25, 0.3) is 0 Å². The number of esters is 1. The first-order valence-corrected chi connectivity index (χ1v) is 4.75. The van der Waals surface area contributed by atoms with Crippen LogP contribution in [0.3, 0.4) is 0 Å². The molecule has 1 rings (SSSR count). The van der Waals surface area contributed by atoms with E-state index in [1.54, 1.807) is 22.6 Å². The van der Waals surface area contributed by atoms with E-state index in [1.807, 2.05) is 0 Å². The molecule has 0 saturated heterocycles. The van der Waals surface area contributed by atoms with Gasteiger partial charge in [0, 0.05) is 9.77 Å². The average Bonchev–Trinajstić information content (AvgIpc) is 2.14. The molecule has 82 valence electrons. The number of halogens is 4. The summed E-state index contributed by atoms with van der Waals surface area (Å²) in [5.41, 5.74) is -1.80. The van der Waals surface area contributed by atoms with Crippen molar-refractivity contribution in [3.63, 3.8) is 0 Å². The summed E-state index contributed by atoms with van der Waals surface area (Å²) in [7, 11) is 1.02. The van der Waals surface area contributed by atoms with Crippen LogP contribution >= 0.6 is 22.6 Å². The Kier molecular flexibility index (Phi) is 3.53. The lowest BCUT2D eigenvalue weighted by Crippen LogP contribution is -2.16. The van der Waals surface area contributed by atoms with Crippen molar-refractivity contribution in [1.29, 1.82) is 0 Å². The topological polar surface area (TPSA) is 39.2 Å². The number of pyridine rings is 1. The molecule has 1 aromatic heterocycles. The van der Waals surface area contributed by atoms with Crippen molar-refractivity contribution in [2.45, 2.75) is 6.18 Å². The van der Waals surface area contributed by atoms with E-state index >= 15 is 0 Å². The predicted octanol–water partition coefficient (Wildman–Crippen LogP) is 2.49. The van der Waals surface area contributed by atoms with E-state index in [9.17, 15) is 18.0 Å². The number of hydrogen-bond acceptors (Lipinski definition) is 3. The Morgan fingerprint density at radius 1 is 1.53 bits per heavy atom. The minimum absolute atomic E-state index is 0.431. The Morgan fingerprint density at radius 3 is 2.60 bits per heavy atom. The Bertz CT molecular complexity index is 392. The summed E-state index contributed by atoms with van der Waals surface area (Å²) >= 11 is 1.76. The average molecular weight is 331 g/mol.